The van der Waals surface area contributed by atoms with Gasteiger partial charge >= 0.3 is 18.8 Å². The number of aromatic nitrogens is 6. The molecule has 2 amide bonds. The maximum atomic E-state index is 15.1. The SMILES string of the molecule is CC(C)(C)C[C@]1(c2ccc3nc(-c4cnn(C(F)F)c4)ccc3c2)NC(=N)N([C@H](COC(=O)NC2(C(F)(F)F)CC2)c2ccc(Cl)c(-n3ncnc3C(F)F)c2)C1=O. The second-order valence-electron chi connectivity index (χ2n) is 15.2. The van der Waals surface area contributed by atoms with Crippen LogP contribution in [0.2, 0.25) is 5.02 Å². The first-order chi connectivity index (χ1) is 27.2. The molecule has 1 aliphatic carbocycles. The lowest BCUT2D eigenvalue weighted by molar-refractivity contribution is -0.164. The molecule has 1 aliphatic heterocycles. The van der Waals surface area contributed by atoms with Gasteiger partial charge in [-0.1, -0.05) is 50.6 Å². The monoisotopic (exact) mass is 834 g/mol. The van der Waals surface area contributed by atoms with Crippen LogP contribution in [0.15, 0.2) is 67.3 Å². The molecule has 2 fully saturated rings. The number of benzene rings is 2. The quantitative estimate of drug-likeness (QED) is 0.113. The molecule has 0 bridgehead atoms. The number of alkyl carbamates (subject to hydrolysis) is 1. The minimum Gasteiger partial charge on any atom is -0.447 e. The van der Waals surface area contributed by atoms with Crippen molar-refractivity contribution in [1.29, 1.82) is 5.41 Å². The van der Waals surface area contributed by atoms with Gasteiger partial charge in [0.2, 0.25) is 0 Å². The molecule has 13 nitrogen and oxygen atoms in total. The summed E-state index contributed by atoms with van der Waals surface area (Å²) >= 11 is 6.43. The average molecular weight is 835 g/mol. The van der Waals surface area contributed by atoms with Crippen LogP contribution >= 0.6 is 11.6 Å². The fourth-order valence-electron chi connectivity index (χ4n) is 7.06. The van der Waals surface area contributed by atoms with E-state index in [0.29, 0.717) is 32.4 Å². The topological polar surface area (TPSA) is 156 Å². The first-order valence-corrected chi connectivity index (χ1v) is 18.0. The minimum atomic E-state index is -4.76. The summed E-state index contributed by atoms with van der Waals surface area (Å²) in [7, 11) is 0. The van der Waals surface area contributed by atoms with Crippen molar-refractivity contribution >= 4 is 40.5 Å². The van der Waals surface area contributed by atoms with Crippen molar-refractivity contribution in [2.75, 3.05) is 6.61 Å². The van der Waals surface area contributed by atoms with Crippen molar-refractivity contribution in [3.63, 3.8) is 0 Å². The van der Waals surface area contributed by atoms with Crippen LogP contribution < -0.4 is 10.6 Å². The summed E-state index contributed by atoms with van der Waals surface area (Å²) in [6, 6.07) is 10.8. The van der Waals surface area contributed by atoms with Gasteiger partial charge in [-0.15, -0.1) is 0 Å². The number of ether oxygens (including phenoxy) is 1. The molecular weight excluding hydrogens is 801 g/mol. The van der Waals surface area contributed by atoms with E-state index in [4.69, 9.17) is 21.7 Å². The molecule has 1 saturated carbocycles. The number of hydrogen-bond acceptors (Lipinski definition) is 8. The minimum absolute atomic E-state index is 0.0618. The van der Waals surface area contributed by atoms with Crippen molar-refractivity contribution in [2.45, 2.75) is 76.3 Å². The molecule has 7 rings (SSSR count). The molecule has 2 aliphatic rings. The number of fused-ring (bicyclic) bond motifs is 1. The zero-order chi connectivity index (χ0) is 41.9. The van der Waals surface area contributed by atoms with Crippen molar-refractivity contribution in [3.8, 4) is 16.9 Å². The molecule has 21 heteroatoms. The van der Waals surface area contributed by atoms with E-state index in [2.05, 4.69) is 25.5 Å². The van der Waals surface area contributed by atoms with Gasteiger partial charge in [-0.2, -0.15) is 32.1 Å². The van der Waals surface area contributed by atoms with E-state index in [9.17, 15) is 35.5 Å². The third-order valence-corrected chi connectivity index (χ3v) is 10.2. The van der Waals surface area contributed by atoms with E-state index in [0.717, 1.165) is 22.1 Å². The predicted molar refractivity (Wildman–Crippen MR) is 194 cm³/mol. The Balaban J connectivity index is 1.28. The fraction of sp³-hybridized carbons (Fsp3) is 0.378. The number of alkyl halides is 7. The molecule has 5 aromatic rings. The third-order valence-electron chi connectivity index (χ3n) is 9.90. The summed E-state index contributed by atoms with van der Waals surface area (Å²) in [4.78, 5) is 37.2. The van der Waals surface area contributed by atoms with Gasteiger partial charge in [0, 0.05) is 17.1 Å². The lowest BCUT2D eigenvalue weighted by Gasteiger charge is -2.35. The highest BCUT2D eigenvalue weighted by atomic mass is 35.5. The Bertz CT molecular complexity index is 2410. The number of carbonyl (C=O) groups is 2. The van der Waals surface area contributed by atoms with Crippen LogP contribution in [0.3, 0.4) is 0 Å². The van der Waals surface area contributed by atoms with Crippen LogP contribution in [0.25, 0.3) is 27.8 Å². The Morgan fingerprint density at radius 3 is 2.43 bits per heavy atom. The maximum Gasteiger partial charge on any atom is 0.411 e. The van der Waals surface area contributed by atoms with Crippen LogP contribution in [0.5, 0.6) is 0 Å². The Labute approximate surface area is 330 Å². The molecule has 4 heterocycles. The second-order valence-corrected chi connectivity index (χ2v) is 15.7. The third kappa shape index (κ3) is 7.51. The van der Waals surface area contributed by atoms with Gasteiger partial charge in [0.15, 0.2) is 11.8 Å². The van der Waals surface area contributed by atoms with Gasteiger partial charge in [-0.05, 0) is 66.1 Å². The Kier molecular flexibility index (Phi) is 10.1. The zero-order valence-electron chi connectivity index (χ0n) is 30.8. The zero-order valence-corrected chi connectivity index (χ0v) is 31.5. The van der Waals surface area contributed by atoms with Crippen LogP contribution in [0, 0.1) is 10.8 Å². The standard InChI is InChI=1S/C37H34ClF7N10O3/c1-34(2,3)17-36(22-6-9-24-19(12-22)5-8-25(50-24)21-14-48-53(15-21)31(41)42)30(56)54(32(46)51-36)27(16-58-33(57)52-35(10-11-35)37(43,44)45)20-4-7-23(38)26(13-20)55-29(28(39)40)47-18-49-55/h4-9,12-15,18,27-28,31H,10-11,16-17H2,1-3H3,(H2,46,51)(H,52,57)/t27-,36-/m1/s1. The number of halogens is 8. The Morgan fingerprint density at radius 2 is 1.79 bits per heavy atom. The highest BCUT2D eigenvalue weighted by Crippen LogP contribution is 2.49. The smallest absolute Gasteiger partial charge is 0.411 e. The first kappa shape index (κ1) is 40.4. The highest BCUT2D eigenvalue weighted by Gasteiger charge is 2.65. The lowest BCUT2D eigenvalue weighted by atomic mass is 9.75. The number of hydrogen-bond donors (Lipinski definition) is 3. The van der Waals surface area contributed by atoms with Crippen LogP contribution in [0.1, 0.15) is 76.0 Å². The molecule has 1 saturated heterocycles. The number of rotatable bonds is 11. The summed E-state index contributed by atoms with van der Waals surface area (Å²) in [5, 5.41) is 22.1. The lowest BCUT2D eigenvalue weighted by Crippen LogP contribution is -2.49. The Hall–Kier alpha value is -5.79. The molecule has 0 spiro atoms. The van der Waals surface area contributed by atoms with E-state index in [1.807, 2.05) is 26.1 Å². The van der Waals surface area contributed by atoms with Crippen molar-refractivity contribution in [3.05, 3.63) is 89.2 Å². The molecule has 2 aromatic carbocycles. The van der Waals surface area contributed by atoms with Gasteiger partial charge in [0.1, 0.15) is 24.0 Å². The van der Waals surface area contributed by atoms with Crippen molar-refractivity contribution in [2.24, 2.45) is 5.41 Å². The number of nitrogens with one attached hydrogen (secondary N) is 3. The van der Waals surface area contributed by atoms with Crippen LogP contribution in [-0.2, 0) is 15.1 Å². The normalized spacial score (nSPS) is 18.6. The van der Waals surface area contributed by atoms with Gasteiger partial charge in [0.05, 0.1) is 34.2 Å². The van der Waals surface area contributed by atoms with E-state index in [-0.39, 0.29) is 35.5 Å². The summed E-state index contributed by atoms with van der Waals surface area (Å²) in [6.07, 6.45) is -6.59. The summed E-state index contributed by atoms with van der Waals surface area (Å²) < 4.78 is 102. The van der Waals surface area contributed by atoms with E-state index in [1.165, 1.54) is 24.4 Å². The fourth-order valence-corrected chi connectivity index (χ4v) is 7.25. The predicted octanol–water partition coefficient (Wildman–Crippen LogP) is 8.23. The van der Waals surface area contributed by atoms with Gasteiger partial charge in [-0.25, -0.2) is 32.9 Å². The maximum absolute atomic E-state index is 15.1. The molecule has 0 radical (unpaired) electrons. The van der Waals surface area contributed by atoms with E-state index >= 15 is 4.79 Å². The van der Waals surface area contributed by atoms with Crippen molar-refractivity contribution in [1.82, 2.24) is 45.1 Å². The van der Waals surface area contributed by atoms with Gasteiger partial charge < -0.3 is 15.4 Å². The highest BCUT2D eigenvalue weighted by molar-refractivity contribution is 6.32. The van der Waals surface area contributed by atoms with Gasteiger partial charge in [-0.3, -0.25) is 15.1 Å². The van der Waals surface area contributed by atoms with Crippen molar-refractivity contribution < 1.29 is 45.1 Å². The molecule has 306 valence electrons. The number of pyridine rings is 1. The summed E-state index contributed by atoms with van der Waals surface area (Å²) in [5.41, 5.74) is -3.17. The van der Waals surface area contributed by atoms with Crippen LogP contribution in [0.4, 0.5) is 35.5 Å². The number of carbonyl (C=O) groups excluding carboxylic acids is 2. The molecule has 58 heavy (non-hydrogen) atoms. The van der Waals surface area contributed by atoms with E-state index in [1.54, 1.807) is 30.3 Å². The summed E-state index contributed by atoms with van der Waals surface area (Å²) in [5.74, 6) is -1.93. The second kappa shape index (κ2) is 14.5. The molecule has 3 N–H and O–H groups in total. The molecular formula is C37H34ClF7N10O3. The first-order valence-electron chi connectivity index (χ1n) is 17.7. The average Bonchev–Trinajstić information content (AvgIpc) is 3.45. The molecule has 3 aromatic heterocycles. The van der Waals surface area contributed by atoms with Crippen LogP contribution in [-0.4, -0.2) is 70.7 Å². The largest absolute Gasteiger partial charge is 0.447 e. The molecule has 2 atom stereocenters. The number of amides is 2. The summed E-state index contributed by atoms with van der Waals surface area (Å²) in [6.45, 7) is 1.98. The Morgan fingerprint density at radius 1 is 1.05 bits per heavy atom. The van der Waals surface area contributed by atoms with Gasteiger partial charge in [0.25, 0.3) is 12.3 Å². The molecule has 0 unspecified atom stereocenters. The van der Waals surface area contributed by atoms with E-state index < -0.39 is 72.1 Å². The number of guanidine groups is 1. The number of nitrogens with zero attached hydrogens (tertiary/aromatic N) is 7.